The first-order chi connectivity index (χ1) is 10.2. The molecule has 0 radical (unpaired) electrons. The Balaban J connectivity index is 1.96. The Morgan fingerprint density at radius 3 is 2.81 bits per heavy atom. The van der Waals surface area contributed by atoms with Crippen molar-refractivity contribution in [3.05, 3.63) is 63.4 Å². The average Bonchev–Trinajstić information content (AvgIpc) is 2.91. The lowest BCUT2D eigenvalue weighted by Gasteiger charge is -2.18. The highest BCUT2D eigenvalue weighted by Gasteiger charge is 2.16. The second kappa shape index (κ2) is 6.15. The van der Waals surface area contributed by atoms with Crippen molar-refractivity contribution in [3.63, 3.8) is 0 Å². The predicted octanol–water partition coefficient (Wildman–Crippen LogP) is 3.99. The highest BCUT2D eigenvalue weighted by molar-refractivity contribution is 9.10. The molecule has 0 spiro atoms. The van der Waals surface area contributed by atoms with Gasteiger partial charge < -0.3 is 5.73 Å². The number of thiophene rings is 1. The first-order valence-electron chi connectivity index (χ1n) is 6.65. The molecule has 3 rings (SSSR count). The van der Waals surface area contributed by atoms with E-state index in [1.165, 1.54) is 15.6 Å². The fourth-order valence-electron chi connectivity index (χ4n) is 2.52. The van der Waals surface area contributed by atoms with E-state index in [1.807, 2.05) is 18.2 Å². The number of fused-ring (bicyclic) bond motifs is 1. The number of nitrogens with one attached hydrogen (secondary N) is 1. The summed E-state index contributed by atoms with van der Waals surface area (Å²) in [7, 11) is 0. The molecule has 2 aromatic carbocycles. The molecule has 0 aliphatic carbocycles. The van der Waals surface area contributed by atoms with Crippen molar-refractivity contribution in [3.8, 4) is 0 Å². The van der Waals surface area contributed by atoms with Crippen molar-refractivity contribution in [1.82, 2.24) is 5.43 Å². The van der Waals surface area contributed by atoms with Crippen LogP contribution in [0.25, 0.3) is 10.1 Å². The van der Waals surface area contributed by atoms with Crippen LogP contribution in [0, 0.1) is 0 Å². The zero-order valence-electron chi connectivity index (χ0n) is 11.3. The van der Waals surface area contributed by atoms with E-state index in [-0.39, 0.29) is 6.04 Å². The molecular formula is C16H16BrN3S. The van der Waals surface area contributed by atoms with Gasteiger partial charge in [-0.1, -0.05) is 34.1 Å². The van der Waals surface area contributed by atoms with Gasteiger partial charge in [-0.3, -0.25) is 11.3 Å². The Hall–Kier alpha value is -1.40. The number of nitrogens with two attached hydrogens (primary N) is 2. The molecule has 3 nitrogen and oxygen atoms in total. The largest absolute Gasteiger partial charge is 0.398 e. The molecule has 0 saturated carbocycles. The third-order valence-corrected chi connectivity index (χ3v) is 5.12. The van der Waals surface area contributed by atoms with Gasteiger partial charge in [-0.2, -0.15) is 0 Å². The molecule has 0 aliphatic heterocycles. The Bertz CT molecular complexity index is 769. The summed E-state index contributed by atoms with van der Waals surface area (Å²) >= 11 is 5.25. The van der Waals surface area contributed by atoms with E-state index in [0.29, 0.717) is 0 Å². The first kappa shape index (κ1) is 14.5. The van der Waals surface area contributed by atoms with Crippen LogP contribution in [-0.4, -0.2) is 0 Å². The summed E-state index contributed by atoms with van der Waals surface area (Å²) < 4.78 is 2.30. The average molecular weight is 362 g/mol. The molecule has 1 unspecified atom stereocenters. The lowest BCUT2D eigenvalue weighted by atomic mass is 9.98. The molecule has 1 aromatic heterocycles. The minimum atomic E-state index is -0.0134. The molecule has 5 heteroatoms. The van der Waals surface area contributed by atoms with Crippen LogP contribution < -0.4 is 17.0 Å². The van der Waals surface area contributed by atoms with Crippen LogP contribution in [0.1, 0.15) is 17.2 Å². The summed E-state index contributed by atoms with van der Waals surface area (Å²) in [5, 5.41) is 3.49. The smallest absolute Gasteiger partial charge is 0.0521 e. The summed E-state index contributed by atoms with van der Waals surface area (Å²) in [6.07, 6.45) is 0.807. The van der Waals surface area contributed by atoms with Crippen molar-refractivity contribution < 1.29 is 0 Å². The Labute approximate surface area is 136 Å². The molecule has 5 N–H and O–H groups in total. The molecule has 108 valence electrons. The molecule has 0 aliphatic rings. The molecule has 0 bridgehead atoms. The van der Waals surface area contributed by atoms with Gasteiger partial charge in [-0.25, -0.2) is 0 Å². The van der Waals surface area contributed by atoms with Crippen molar-refractivity contribution >= 4 is 43.0 Å². The number of hydrogen-bond donors (Lipinski definition) is 3. The number of benzene rings is 2. The molecule has 21 heavy (non-hydrogen) atoms. The summed E-state index contributed by atoms with van der Waals surface area (Å²) in [5.74, 6) is 5.77. The molecule has 1 atom stereocenters. The van der Waals surface area contributed by atoms with Crippen LogP contribution >= 0.6 is 27.3 Å². The molecular weight excluding hydrogens is 346 g/mol. The van der Waals surface area contributed by atoms with Crippen LogP contribution in [0.4, 0.5) is 5.69 Å². The van der Waals surface area contributed by atoms with Gasteiger partial charge in [0.05, 0.1) is 6.04 Å². The van der Waals surface area contributed by atoms with Gasteiger partial charge in [0.15, 0.2) is 0 Å². The number of rotatable bonds is 4. The van der Waals surface area contributed by atoms with Gasteiger partial charge in [-0.05, 0) is 52.6 Å². The minimum Gasteiger partial charge on any atom is -0.398 e. The van der Waals surface area contributed by atoms with Crippen LogP contribution in [0.15, 0.2) is 52.3 Å². The van der Waals surface area contributed by atoms with E-state index >= 15 is 0 Å². The van der Waals surface area contributed by atoms with Gasteiger partial charge >= 0.3 is 0 Å². The van der Waals surface area contributed by atoms with E-state index in [9.17, 15) is 0 Å². The van der Waals surface area contributed by atoms with Crippen molar-refractivity contribution in [1.29, 1.82) is 0 Å². The third-order valence-electron chi connectivity index (χ3n) is 3.61. The van der Waals surface area contributed by atoms with Crippen LogP contribution in [0.2, 0.25) is 0 Å². The van der Waals surface area contributed by atoms with E-state index in [4.69, 9.17) is 11.6 Å². The zero-order valence-corrected chi connectivity index (χ0v) is 13.7. The standard InChI is InChI=1S/C16H16BrN3S/c17-11-5-6-14(18)13(8-11)15(20-19)7-10-9-21-16-4-2-1-3-12(10)16/h1-6,8-9,15,20H,7,18-19H2. The maximum atomic E-state index is 6.09. The Kier molecular flexibility index (Phi) is 4.26. The quantitative estimate of drug-likeness (QED) is 0.374. The van der Waals surface area contributed by atoms with Crippen molar-refractivity contribution in [2.75, 3.05) is 5.73 Å². The minimum absolute atomic E-state index is 0.0134. The first-order valence-corrected chi connectivity index (χ1v) is 8.32. The molecule has 0 amide bonds. The summed E-state index contributed by atoms with van der Waals surface area (Å²) in [5.41, 5.74) is 12.0. The van der Waals surface area contributed by atoms with Gasteiger partial charge in [0.2, 0.25) is 0 Å². The van der Waals surface area contributed by atoms with Gasteiger partial charge in [0.1, 0.15) is 0 Å². The fraction of sp³-hybridized carbons (Fsp3) is 0.125. The topological polar surface area (TPSA) is 64.1 Å². The summed E-state index contributed by atoms with van der Waals surface area (Å²) in [6, 6.07) is 14.3. The van der Waals surface area contributed by atoms with Crippen molar-refractivity contribution in [2.24, 2.45) is 5.84 Å². The normalized spacial score (nSPS) is 12.7. The number of anilines is 1. The molecule has 0 fully saturated rings. The second-order valence-corrected chi connectivity index (χ2v) is 6.78. The number of hydrazine groups is 1. The van der Waals surface area contributed by atoms with Crippen LogP contribution in [-0.2, 0) is 6.42 Å². The predicted molar refractivity (Wildman–Crippen MR) is 94.1 cm³/mol. The highest BCUT2D eigenvalue weighted by Crippen LogP contribution is 2.31. The number of hydrogen-bond acceptors (Lipinski definition) is 4. The highest BCUT2D eigenvalue weighted by atomic mass is 79.9. The maximum absolute atomic E-state index is 6.09. The maximum Gasteiger partial charge on any atom is 0.0521 e. The number of halogens is 1. The summed E-state index contributed by atoms with van der Waals surface area (Å²) in [6.45, 7) is 0. The SMILES string of the molecule is NNC(Cc1csc2ccccc12)c1cc(Br)ccc1N. The van der Waals surface area contributed by atoms with Crippen LogP contribution in [0.5, 0.6) is 0 Å². The zero-order chi connectivity index (χ0) is 14.8. The van der Waals surface area contributed by atoms with E-state index in [2.05, 4.69) is 51.0 Å². The fourth-order valence-corrected chi connectivity index (χ4v) is 3.87. The van der Waals surface area contributed by atoms with Gasteiger partial charge in [0.25, 0.3) is 0 Å². The molecule has 1 heterocycles. The lowest BCUT2D eigenvalue weighted by molar-refractivity contribution is 0.555. The van der Waals surface area contributed by atoms with E-state index in [1.54, 1.807) is 11.3 Å². The summed E-state index contributed by atoms with van der Waals surface area (Å²) in [4.78, 5) is 0. The second-order valence-electron chi connectivity index (χ2n) is 4.95. The van der Waals surface area contributed by atoms with E-state index in [0.717, 1.165) is 22.1 Å². The van der Waals surface area contributed by atoms with Gasteiger partial charge in [-0.15, -0.1) is 11.3 Å². The van der Waals surface area contributed by atoms with Gasteiger partial charge in [0, 0.05) is 14.9 Å². The van der Waals surface area contributed by atoms with Crippen molar-refractivity contribution in [2.45, 2.75) is 12.5 Å². The lowest BCUT2D eigenvalue weighted by Crippen LogP contribution is -2.30. The molecule has 0 saturated heterocycles. The Morgan fingerprint density at radius 1 is 1.19 bits per heavy atom. The van der Waals surface area contributed by atoms with Crippen LogP contribution in [0.3, 0.4) is 0 Å². The molecule has 3 aromatic rings. The number of nitrogen functional groups attached to an aromatic ring is 1. The monoisotopic (exact) mass is 361 g/mol. The third kappa shape index (κ3) is 2.96. The van der Waals surface area contributed by atoms with E-state index < -0.39 is 0 Å². The Morgan fingerprint density at radius 2 is 2.00 bits per heavy atom.